The second kappa shape index (κ2) is 9.64. The predicted octanol–water partition coefficient (Wildman–Crippen LogP) is 5.91. The fourth-order valence-corrected chi connectivity index (χ4v) is 5.83. The number of fused-ring (bicyclic) bond motifs is 2. The number of carbonyl (C=O) groups excluding carboxylic acids is 1. The van der Waals surface area contributed by atoms with E-state index < -0.39 is 5.60 Å². The molecule has 1 amide bonds. The molecule has 6 rings (SSSR count). The standard InChI is InChI=1S/C28H32N8O2S/c1-17-31-23-11-20(8-9-24(23)39-17)32-25-12-22(18-7-6-10-35(16-18)27(37)38-28(2,3)4)33-26-21(14-30-36(25)26)19-13-29-34(5)15-19/h8-9,11-15,18,32H,6-7,10,16H2,1-5H3. The highest BCUT2D eigenvalue weighted by atomic mass is 32.1. The average Bonchev–Trinajstić information content (AvgIpc) is 3.60. The minimum atomic E-state index is -0.536. The van der Waals surface area contributed by atoms with Gasteiger partial charge in [0, 0.05) is 55.1 Å². The lowest BCUT2D eigenvalue weighted by atomic mass is 9.94. The van der Waals surface area contributed by atoms with Crippen molar-refractivity contribution in [3.8, 4) is 11.1 Å². The normalized spacial score (nSPS) is 16.2. The van der Waals surface area contributed by atoms with Crippen LogP contribution in [0.15, 0.2) is 42.9 Å². The number of benzene rings is 1. The van der Waals surface area contributed by atoms with Gasteiger partial charge in [-0.1, -0.05) is 0 Å². The number of likely N-dealkylation sites (tertiary alicyclic amines) is 1. The number of amides is 1. The van der Waals surface area contributed by atoms with Crippen LogP contribution in [0.2, 0.25) is 0 Å². The van der Waals surface area contributed by atoms with Crippen LogP contribution in [-0.2, 0) is 11.8 Å². The van der Waals surface area contributed by atoms with E-state index in [1.165, 1.54) is 0 Å². The molecule has 1 atom stereocenters. The molecule has 1 aliphatic rings. The molecule has 1 aliphatic heterocycles. The number of anilines is 2. The highest BCUT2D eigenvalue weighted by molar-refractivity contribution is 7.18. The van der Waals surface area contributed by atoms with E-state index in [0.29, 0.717) is 13.1 Å². The second-order valence-electron chi connectivity index (χ2n) is 11.1. The quantitative estimate of drug-likeness (QED) is 0.300. The van der Waals surface area contributed by atoms with E-state index in [9.17, 15) is 4.79 Å². The molecule has 39 heavy (non-hydrogen) atoms. The van der Waals surface area contributed by atoms with E-state index in [4.69, 9.17) is 14.8 Å². The van der Waals surface area contributed by atoms with Crippen LogP contribution in [0, 0.1) is 6.92 Å². The van der Waals surface area contributed by atoms with Gasteiger partial charge in [0.1, 0.15) is 11.4 Å². The van der Waals surface area contributed by atoms with Crippen molar-refractivity contribution in [1.29, 1.82) is 0 Å². The number of hydrogen-bond donors (Lipinski definition) is 1. The molecule has 1 aromatic carbocycles. The zero-order valence-electron chi connectivity index (χ0n) is 22.8. The Kier molecular flexibility index (Phi) is 6.25. The molecule has 1 saturated heterocycles. The van der Waals surface area contributed by atoms with E-state index in [1.54, 1.807) is 20.9 Å². The van der Waals surface area contributed by atoms with E-state index in [1.807, 2.05) is 63.9 Å². The van der Waals surface area contributed by atoms with E-state index >= 15 is 0 Å². The Labute approximate surface area is 230 Å². The number of hydrogen-bond acceptors (Lipinski definition) is 8. The summed E-state index contributed by atoms with van der Waals surface area (Å²) >= 11 is 1.68. The number of nitrogens with zero attached hydrogens (tertiary/aromatic N) is 7. The Balaban J connectivity index is 1.40. The number of thiazole rings is 1. The largest absolute Gasteiger partial charge is 0.444 e. The summed E-state index contributed by atoms with van der Waals surface area (Å²) in [5.41, 5.74) is 4.84. The molecular weight excluding hydrogens is 512 g/mol. The first-order chi connectivity index (χ1) is 18.6. The summed E-state index contributed by atoms with van der Waals surface area (Å²) in [6.45, 7) is 8.93. The Morgan fingerprint density at radius 2 is 2.00 bits per heavy atom. The molecule has 0 radical (unpaired) electrons. The summed E-state index contributed by atoms with van der Waals surface area (Å²) in [5.74, 6) is 0.864. The van der Waals surface area contributed by atoms with E-state index in [-0.39, 0.29) is 12.0 Å². The maximum Gasteiger partial charge on any atom is 0.410 e. The fourth-order valence-electron chi connectivity index (χ4n) is 5.02. The van der Waals surface area contributed by atoms with Crippen LogP contribution >= 0.6 is 11.3 Å². The molecule has 4 aromatic heterocycles. The third-order valence-corrected chi connectivity index (χ3v) is 7.72. The maximum atomic E-state index is 12.9. The van der Waals surface area contributed by atoms with Crippen LogP contribution in [0.3, 0.4) is 0 Å². The molecular formula is C28H32N8O2S. The first kappa shape index (κ1) is 25.3. The summed E-state index contributed by atoms with van der Waals surface area (Å²) < 4.78 is 10.4. The van der Waals surface area contributed by atoms with Crippen molar-refractivity contribution in [2.45, 2.75) is 52.1 Å². The zero-order valence-corrected chi connectivity index (χ0v) is 23.6. The molecule has 11 heteroatoms. The molecule has 10 nitrogen and oxygen atoms in total. The van der Waals surface area contributed by atoms with Gasteiger partial charge in [-0.2, -0.15) is 14.7 Å². The average molecular weight is 545 g/mol. The van der Waals surface area contributed by atoms with Crippen molar-refractivity contribution in [2.24, 2.45) is 7.05 Å². The highest BCUT2D eigenvalue weighted by Crippen LogP contribution is 2.33. The van der Waals surface area contributed by atoms with Gasteiger partial charge in [0.25, 0.3) is 0 Å². The monoisotopic (exact) mass is 544 g/mol. The number of nitrogens with one attached hydrogen (secondary N) is 1. The fraction of sp³-hybridized carbons (Fsp3) is 0.393. The summed E-state index contributed by atoms with van der Waals surface area (Å²) in [6.07, 6.45) is 7.15. The van der Waals surface area contributed by atoms with Crippen molar-refractivity contribution in [3.05, 3.63) is 53.6 Å². The van der Waals surface area contributed by atoms with E-state index in [0.717, 1.165) is 62.0 Å². The number of carbonyl (C=O) groups is 1. The highest BCUT2D eigenvalue weighted by Gasteiger charge is 2.30. The maximum absolute atomic E-state index is 12.9. The Morgan fingerprint density at radius 1 is 1.15 bits per heavy atom. The molecule has 5 heterocycles. The lowest BCUT2D eigenvalue weighted by Gasteiger charge is -2.34. The van der Waals surface area contributed by atoms with Crippen molar-refractivity contribution in [2.75, 3.05) is 18.4 Å². The summed E-state index contributed by atoms with van der Waals surface area (Å²) in [6, 6.07) is 8.25. The van der Waals surface area contributed by atoms with Crippen molar-refractivity contribution < 1.29 is 9.53 Å². The van der Waals surface area contributed by atoms with Crippen LogP contribution in [0.4, 0.5) is 16.3 Å². The minimum absolute atomic E-state index is 0.0668. The van der Waals surface area contributed by atoms with Crippen molar-refractivity contribution >= 4 is 44.8 Å². The van der Waals surface area contributed by atoms with Crippen molar-refractivity contribution in [1.82, 2.24) is 34.3 Å². The molecule has 1 fully saturated rings. The number of piperidine rings is 1. The Hall–Kier alpha value is -3.99. The van der Waals surface area contributed by atoms with Crippen LogP contribution < -0.4 is 5.32 Å². The van der Waals surface area contributed by atoms with Crippen LogP contribution in [0.1, 0.15) is 50.2 Å². The van der Waals surface area contributed by atoms with Gasteiger partial charge in [0.05, 0.1) is 33.3 Å². The molecule has 0 aliphatic carbocycles. The third-order valence-electron chi connectivity index (χ3n) is 6.77. The van der Waals surface area contributed by atoms with Gasteiger partial charge in [-0.3, -0.25) is 4.68 Å². The van der Waals surface area contributed by atoms with Gasteiger partial charge in [-0.05, 0) is 58.7 Å². The van der Waals surface area contributed by atoms with Gasteiger partial charge in [-0.25, -0.2) is 14.8 Å². The number of aromatic nitrogens is 6. The van der Waals surface area contributed by atoms with Crippen LogP contribution in [0.25, 0.3) is 27.0 Å². The first-order valence-corrected chi connectivity index (χ1v) is 13.9. The summed E-state index contributed by atoms with van der Waals surface area (Å²) in [4.78, 5) is 24.4. The molecule has 5 aromatic rings. The smallest absolute Gasteiger partial charge is 0.410 e. The summed E-state index contributed by atoms with van der Waals surface area (Å²) in [7, 11) is 1.89. The molecule has 0 spiro atoms. The Bertz CT molecular complexity index is 1680. The Morgan fingerprint density at radius 3 is 2.77 bits per heavy atom. The molecule has 1 unspecified atom stereocenters. The molecule has 202 valence electrons. The first-order valence-electron chi connectivity index (χ1n) is 13.1. The predicted molar refractivity (Wildman–Crippen MR) is 153 cm³/mol. The third kappa shape index (κ3) is 5.18. The lowest BCUT2D eigenvalue weighted by molar-refractivity contribution is 0.0197. The number of aryl methyl sites for hydroxylation is 2. The topological polar surface area (TPSA) is 102 Å². The van der Waals surface area contributed by atoms with Crippen LogP contribution in [-0.4, -0.2) is 59.0 Å². The van der Waals surface area contributed by atoms with Gasteiger partial charge < -0.3 is 15.0 Å². The summed E-state index contributed by atoms with van der Waals surface area (Å²) in [5, 5.41) is 13.6. The molecule has 1 N–H and O–H groups in total. The molecule has 0 saturated carbocycles. The van der Waals surface area contributed by atoms with Gasteiger partial charge >= 0.3 is 6.09 Å². The number of rotatable bonds is 4. The van der Waals surface area contributed by atoms with Gasteiger partial charge in [0.2, 0.25) is 0 Å². The minimum Gasteiger partial charge on any atom is -0.444 e. The number of ether oxygens (including phenoxy) is 1. The zero-order chi connectivity index (χ0) is 27.3. The van der Waals surface area contributed by atoms with Crippen molar-refractivity contribution in [3.63, 3.8) is 0 Å². The van der Waals surface area contributed by atoms with E-state index in [2.05, 4.69) is 33.6 Å². The van der Waals surface area contributed by atoms with Gasteiger partial charge in [0.15, 0.2) is 5.65 Å². The second-order valence-corrected chi connectivity index (χ2v) is 12.3. The lowest BCUT2D eigenvalue weighted by Crippen LogP contribution is -2.42. The molecule has 0 bridgehead atoms. The van der Waals surface area contributed by atoms with Crippen LogP contribution in [0.5, 0.6) is 0 Å². The SMILES string of the molecule is Cc1nc2cc(Nc3cc(C4CCCN(C(=O)OC(C)(C)C)C4)nc4c(-c5cnn(C)c5)cnn34)ccc2s1. The van der Waals surface area contributed by atoms with Gasteiger partial charge in [-0.15, -0.1) is 11.3 Å².